The topological polar surface area (TPSA) is 119 Å². The number of nitro benzene ring substituents is 1. The number of halogens is 1. The molecule has 0 spiro atoms. The van der Waals surface area contributed by atoms with E-state index < -0.39 is 32.7 Å². The third kappa shape index (κ3) is 5.55. The Morgan fingerprint density at radius 2 is 1.89 bits per heavy atom. The van der Waals surface area contributed by atoms with Crippen molar-refractivity contribution in [2.75, 3.05) is 13.1 Å². The monoisotopic (exact) mass is 433 g/mol. The Bertz CT molecular complexity index is 874. The molecule has 1 fully saturated rings. The van der Waals surface area contributed by atoms with Gasteiger partial charge in [0.15, 0.2) is 0 Å². The van der Waals surface area contributed by atoms with E-state index in [0.29, 0.717) is 25.9 Å². The third-order valence-electron chi connectivity index (χ3n) is 4.27. The SMILES string of the molecule is Cc1c(Cl)cc(S(=O)(=O)NC2CCN(C(=O)OC(C)(C)C)CC2)cc1[N+](=O)[O-]. The van der Waals surface area contributed by atoms with Gasteiger partial charge in [-0.2, -0.15) is 0 Å². The summed E-state index contributed by atoms with van der Waals surface area (Å²) in [4.78, 5) is 23.8. The maximum atomic E-state index is 12.6. The first kappa shape index (κ1) is 22.4. The first-order chi connectivity index (χ1) is 12.8. The van der Waals surface area contributed by atoms with Gasteiger partial charge in [0.05, 0.1) is 14.8 Å². The van der Waals surface area contributed by atoms with Crippen molar-refractivity contribution in [1.82, 2.24) is 9.62 Å². The highest BCUT2D eigenvalue weighted by Crippen LogP contribution is 2.30. The summed E-state index contributed by atoms with van der Waals surface area (Å²) in [5.74, 6) is 0. The van der Waals surface area contributed by atoms with Crippen molar-refractivity contribution in [1.29, 1.82) is 0 Å². The molecular weight excluding hydrogens is 410 g/mol. The molecule has 1 heterocycles. The number of amides is 1. The second-order valence-corrected chi connectivity index (χ2v) is 9.79. The lowest BCUT2D eigenvalue weighted by Crippen LogP contribution is -2.47. The quantitative estimate of drug-likeness (QED) is 0.575. The number of rotatable bonds is 4. The number of nitro groups is 1. The van der Waals surface area contributed by atoms with Crippen molar-refractivity contribution in [2.45, 2.75) is 57.1 Å². The van der Waals surface area contributed by atoms with E-state index in [4.69, 9.17) is 16.3 Å². The van der Waals surface area contributed by atoms with Crippen LogP contribution < -0.4 is 4.72 Å². The number of ether oxygens (including phenoxy) is 1. The van der Waals surface area contributed by atoms with Crippen molar-refractivity contribution in [3.63, 3.8) is 0 Å². The van der Waals surface area contributed by atoms with Crippen LogP contribution in [0.4, 0.5) is 10.5 Å². The lowest BCUT2D eigenvalue weighted by atomic mass is 10.1. The molecule has 11 heteroatoms. The van der Waals surface area contributed by atoms with Crippen LogP contribution in [-0.2, 0) is 14.8 Å². The van der Waals surface area contributed by atoms with Crippen LogP contribution in [0.5, 0.6) is 0 Å². The van der Waals surface area contributed by atoms with Gasteiger partial charge in [0.1, 0.15) is 5.60 Å². The molecule has 1 aromatic carbocycles. The molecular formula is C17H24ClN3O6S. The molecule has 1 aromatic rings. The minimum Gasteiger partial charge on any atom is -0.444 e. The average molecular weight is 434 g/mol. The number of hydrogen-bond acceptors (Lipinski definition) is 6. The molecule has 2 rings (SSSR count). The van der Waals surface area contributed by atoms with Crippen molar-refractivity contribution >= 4 is 33.4 Å². The largest absolute Gasteiger partial charge is 0.444 e. The second kappa shape index (κ2) is 8.22. The molecule has 9 nitrogen and oxygen atoms in total. The number of benzene rings is 1. The van der Waals surface area contributed by atoms with E-state index in [1.807, 2.05) is 0 Å². The van der Waals surface area contributed by atoms with E-state index >= 15 is 0 Å². The molecule has 0 bridgehead atoms. The third-order valence-corrected chi connectivity index (χ3v) is 6.16. The number of likely N-dealkylation sites (tertiary alicyclic amines) is 1. The van der Waals surface area contributed by atoms with Gasteiger partial charge in [-0.05, 0) is 46.6 Å². The summed E-state index contributed by atoms with van der Waals surface area (Å²) in [6.07, 6.45) is 0.370. The molecule has 1 amide bonds. The van der Waals surface area contributed by atoms with Crippen molar-refractivity contribution in [3.05, 3.63) is 32.8 Å². The smallest absolute Gasteiger partial charge is 0.410 e. The van der Waals surface area contributed by atoms with Crippen LogP contribution in [0.2, 0.25) is 5.02 Å². The molecule has 1 aliphatic rings. The van der Waals surface area contributed by atoms with Gasteiger partial charge in [0, 0.05) is 30.8 Å². The minimum atomic E-state index is -4.00. The number of nitrogens with zero attached hydrogens (tertiary/aromatic N) is 2. The van der Waals surface area contributed by atoms with Gasteiger partial charge in [-0.15, -0.1) is 0 Å². The predicted octanol–water partition coefficient (Wildman–Crippen LogP) is 3.23. The number of carbonyl (C=O) groups excluding carboxylic acids is 1. The Morgan fingerprint density at radius 1 is 1.32 bits per heavy atom. The van der Waals surface area contributed by atoms with Crippen LogP contribution in [0, 0.1) is 17.0 Å². The van der Waals surface area contributed by atoms with Crippen LogP contribution in [0.3, 0.4) is 0 Å². The maximum Gasteiger partial charge on any atom is 0.410 e. The molecule has 156 valence electrons. The van der Waals surface area contributed by atoms with Gasteiger partial charge >= 0.3 is 6.09 Å². The van der Waals surface area contributed by atoms with Crippen molar-refractivity contribution in [3.8, 4) is 0 Å². The highest BCUT2D eigenvalue weighted by molar-refractivity contribution is 7.89. The molecule has 0 atom stereocenters. The van der Waals surface area contributed by atoms with Crippen LogP contribution in [0.25, 0.3) is 0 Å². The molecule has 28 heavy (non-hydrogen) atoms. The van der Waals surface area contributed by atoms with Crippen LogP contribution >= 0.6 is 11.6 Å². The lowest BCUT2D eigenvalue weighted by molar-refractivity contribution is -0.385. The fraction of sp³-hybridized carbons (Fsp3) is 0.588. The molecule has 0 aromatic heterocycles. The number of carbonyl (C=O) groups is 1. The zero-order chi connectivity index (χ0) is 21.3. The number of piperidine rings is 1. The van der Waals surface area contributed by atoms with E-state index in [2.05, 4.69) is 4.72 Å². The number of sulfonamides is 1. The van der Waals surface area contributed by atoms with Gasteiger partial charge < -0.3 is 9.64 Å². The normalized spacial score (nSPS) is 16.1. The maximum absolute atomic E-state index is 12.6. The van der Waals surface area contributed by atoms with E-state index in [0.717, 1.165) is 6.07 Å². The van der Waals surface area contributed by atoms with Gasteiger partial charge in [0.2, 0.25) is 10.0 Å². The van der Waals surface area contributed by atoms with Crippen molar-refractivity contribution in [2.24, 2.45) is 0 Å². The van der Waals surface area contributed by atoms with Crippen molar-refractivity contribution < 1.29 is 22.9 Å². The fourth-order valence-electron chi connectivity index (χ4n) is 2.78. The molecule has 0 aliphatic carbocycles. The zero-order valence-electron chi connectivity index (χ0n) is 16.2. The number of hydrogen-bond donors (Lipinski definition) is 1. The Morgan fingerprint density at radius 3 is 2.39 bits per heavy atom. The zero-order valence-corrected chi connectivity index (χ0v) is 17.8. The molecule has 1 aliphatic heterocycles. The minimum absolute atomic E-state index is 0.00863. The molecule has 1 saturated heterocycles. The molecule has 0 saturated carbocycles. The number of nitrogens with one attached hydrogen (secondary N) is 1. The Kier molecular flexibility index (Phi) is 6.57. The summed E-state index contributed by atoms with van der Waals surface area (Å²) in [7, 11) is -4.00. The van der Waals surface area contributed by atoms with Gasteiger partial charge in [0.25, 0.3) is 5.69 Å². The summed E-state index contributed by atoms with van der Waals surface area (Å²) < 4.78 is 33.1. The van der Waals surface area contributed by atoms with E-state index in [9.17, 15) is 23.3 Å². The average Bonchev–Trinajstić information content (AvgIpc) is 2.55. The van der Waals surface area contributed by atoms with Gasteiger partial charge in [-0.25, -0.2) is 17.9 Å². The van der Waals surface area contributed by atoms with E-state index in [1.54, 1.807) is 20.8 Å². The second-order valence-electron chi connectivity index (χ2n) is 7.67. The first-order valence-corrected chi connectivity index (χ1v) is 10.6. The summed E-state index contributed by atoms with van der Waals surface area (Å²) in [6.45, 7) is 7.47. The summed E-state index contributed by atoms with van der Waals surface area (Å²) in [5.41, 5.74) is -0.751. The highest BCUT2D eigenvalue weighted by Gasteiger charge is 2.30. The van der Waals surface area contributed by atoms with E-state index in [1.165, 1.54) is 17.9 Å². The fourth-order valence-corrected chi connectivity index (χ4v) is 4.41. The summed E-state index contributed by atoms with van der Waals surface area (Å²) in [5, 5.41) is 11.1. The lowest BCUT2D eigenvalue weighted by Gasteiger charge is -2.33. The summed E-state index contributed by atoms with van der Waals surface area (Å²) in [6, 6.07) is 1.80. The first-order valence-electron chi connectivity index (χ1n) is 8.75. The Hall–Kier alpha value is -1.91. The summed E-state index contributed by atoms with van der Waals surface area (Å²) >= 11 is 5.96. The Labute approximate surface area is 169 Å². The molecule has 0 unspecified atom stereocenters. The highest BCUT2D eigenvalue weighted by atomic mass is 35.5. The van der Waals surface area contributed by atoms with Gasteiger partial charge in [-0.3, -0.25) is 10.1 Å². The molecule has 0 radical (unpaired) electrons. The van der Waals surface area contributed by atoms with Crippen LogP contribution in [-0.4, -0.2) is 49.1 Å². The van der Waals surface area contributed by atoms with Crippen LogP contribution in [0.15, 0.2) is 17.0 Å². The predicted molar refractivity (Wildman–Crippen MR) is 104 cm³/mol. The van der Waals surface area contributed by atoms with Gasteiger partial charge in [-0.1, -0.05) is 11.6 Å². The standard InChI is InChI=1S/C17H24ClN3O6S/c1-11-14(18)9-13(10-15(11)21(23)24)28(25,26)19-12-5-7-20(8-6-12)16(22)27-17(2,3)4/h9-10,12,19H,5-8H2,1-4H3. The molecule has 1 N–H and O–H groups in total. The van der Waals surface area contributed by atoms with Crippen LogP contribution in [0.1, 0.15) is 39.2 Å². The van der Waals surface area contributed by atoms with E-state index in [-0.39, 0.29) is 21.2 Å². The Balaban J connectivity index is 2.07.